The van der Waals surface area contributed by atoms with Crippen molar-refractivity contribution in [1.82, 2.24) is 44.0 Å². The molecule has 0 aliphatic heterocycles. The maximum Gasteiger partial charge on any atom is 0.334 e. The maximum absolute atomic E-state index is 10.9. The molecule has 0 saturated carbocycles. The predicted octanol–water partition coefficient (Wildman–Crippen LogP) is 7.63. The SMILES string of the molecule is C.CO.Cc1cn(-c2ccnc(N)c2N)cn1.Cc1cn(-c2ccnc(N)c2[N+](=O)[O-])cn1.Cc1cnc[nH]1.I[CH-]I.Nc1nccc(Cl)c1[N+](=O)[O-].[CH2-]I.[CH3-].[V].[V].[V]. The van der Waals surface area contributed by atoms with Crippen LogP contribution in [0.25, 0.3) is 11.4 Å². The van der Waals surface area contributed by atoms with Crippen LogP contribution in [0.15, 0.2) is 74.4 Å². The first kappa shape index (κ1) is 68.0. The number of imidazole rings is 3. The fraction of sp³-hybridized carbons (Fsp3) is 0.156. The number of hydrogen-bond acceptors (Lipinski definition) is 15. The molecule has 323 valence electrons. The van der Waals surface area contributed by atoms with Crippen molar-refractivity contribution >= 4 is 114 Å². The number of aryl methyl sites for hydroxylation is 3. The van der Waals surface area contributed by atoms with Crippen molar-refractivity contribution in [2.24, 2.45) is 0 Å². The molecule has 6 heterocycles. The van der Waals surface area contributed by atoms with E-state index in [2.05, 4.69) is 85.0 Å². The maximum atomic E-state index is 10.9. The first-order valence-electron chi connectivity index (χ1n) is 14.3. The third-order valence-corrected chi connectivity index (χ3v) is 6.12. The molecule has 27 heteroatoms. The summed E-state index contributed by atoms with van der Waals surface area (Å²) < 4.78 is 5.31. The van der Waals surface area contributed by atoms with Crippen LogP contribution in [0.5, 0.6) is 0 Å². The number of halogens is 4. The number of nitrogen functional groups attached to an aromatic ring is 4. The van der Waals surface area contributed by atoms with Gasteiger partial charge >= 0.3 is 11.4 Å². The molecular formula is C32H44ClI3N15O5V3-3. The molecule has 6 rings (SSSR count). The van der Waals surface area contributed by atoms with E-state index >= 15 is 0 Å². The summed E-state index contributed by atoms with van der Waals surface area (Å²) in [4.78, 5) is 49.0. The molecular weight excluding hydrogens is 1240 g/mol. The second-order valence-electron chi connectivity index (χ2n) is 9.40. The number of nitrogens with two attached hydrogens (primary N) is 4. The Balaban J connectivity index is -0.000000151. The molecule has 0 aliphatic rings. The molecule has 0 spiro atoms. The fourth-order valence-corrected chi connectivity index (χ4v) is 3.84. The van der Waals surface area contributed by atoms with Crippen LogP contribution in [-0.4, -0.2) is 66.1 Å². The Kier molecular flexibility index (Phi) is 44.1. The van der Waals surface area contributed by atoms with E-state index < -0.39 is 9.85 Å². The summed E-state index contributed by atoms with van der Waals surface area (Å²) in [6, 6.07) is 4.64. The fourth-order valence-electron chi connectivity index (χ4n) is 3.62. The van der Waals surface area contributed by atoms with E-state index in [1.54, 1.807) is 48.8 Å². The van der Waals surface area contributed by atoms with Crippen LogP contribution in [0.4, 0.5) is 34.5 Å². The number of aliphatic hydroxyl groups excluding tert-OH is 1. The van der Waals surface area contributed by atoms with Gasteiger partial charge in [-0.25, -0.2) is 32.3 Å². The molecule has 0 fully saturated rings. The molecule has 6 aromatic rings. The molecule has 20 nitrogen and oxygen atoms in total. The molecule has 0 aliphatic carbocycles. The second kappa shape index (κ2) is 38.2. The number of aromatic nitrogens is 9. The topological polar surface area (TPSA) is 314 Å². The van der Waals surface area contributed by atoms with Crippen molar-refractivity contribution in [3.8, 4) is 11.4 Å². The van der Waals surface area contributed by atoms with E-state index in [4.69, 9.17) is 39.6 Å². The summed E-state index contributed by atoms with van der Waals surface area (Å²) in [5, 5.41) is 28.1. The molecule has 0 aromatic carbocycles. The molecule has 0 atom stereocenters. The van der Waals surface area contributed by atoms with Gasteiger partial charge in [0.1, 0.15) is 16.5 Å². The van der Waals surface area contributed by atoms with Gasteiger partial charge in [-0.15, -0.1) is 0 Å². The molecule has 59 heavy (non-hydrogen) atoms. The summed E-state index contributed by atoms with van der Waals surface area (Å²) in [5.74, 6) is 0.0743. The van der Waals surface area contributed by atoms with Gasteiger partial charge in [0.05, 0.1) is 51.6 Å². The van der Waals surface area contributed by atoms with Gasteiger partial charge < -0.3 is 113 Å². The van der Waals surface area contributed by atoms with Crippen molar-refractivity contribution in [3.63, 3.8) is 0 Å². The average molecular weight is 1290 g/mol. The van der Waals surface area contributed by atoms with Crippen molar-refractivity contribution in [2.45, 2.75) is 28.2 Å². The van der Waals surface area contributed by atoms with Gasteiger partial charge in [0, 0.05) is 106 Å². The normalized spacial score (nSPS) is 8.44. The van der Waals surface area contributed by atoms with Crippen LogP contribution in [-0.2, 0) is 55.7 Å². The molecule has 3 radical (unpaired) electrons. The molecule has 0 unspecified atom stereocenters. The van der Waals surface area contributed by atoms with Gasteiger partial charge in [-0.1, -0.05) is 19.0 Å². The van der Waals surface area contributed by atoms with Gasteiger partial charge in [0.2, 0.25) is 11.6 Å². The van der Waals surface area contributed by atoms with Crippen molar-refractivity contribution in [2.75, 3.05) is 30.0 Å². The van der Waals surface area contributed by atoms with Crippen molar-refractivity contribution in [1.29, 1.82) is 0 Å². The van der Waals surface area contributed by atoms with Gasteiger partial charge in [-0.2, -0.15) is 0 Å². The Hall–Kier alpha value is -2.73. The third-order valence-electron chi connectivity index (χ3n) is 5.81. The summed E-state index contributed by atoms with van der Waals surface area (Å²) >= 11 is 11.7. The van der Waals surface area contributed by atoms with Crippen LogP contribution in [0.1, 0.15) is 24.5 Å². The summed E-state index contributed by atoms with van der Waals surface area (Å²) in [5.41, 5.74) is 25.9. The molecule has 0 amide bonds. The number of H-pyrrole nitrogens is 1. The first-order chi connectivity index (χ1) is 25.7. The Morgan fingerprint density at radius 1 is 0.763 bits per heavy atom. The van der Waals surface area contributed by atoms with Gasteiger partial charge in [0.15, 0.2) is 0 Å². The van der Waals surface area contributed by atoms with Crippen LogP contribution in [0.2, 0.25) is 5.02 Å². The molecule has 0 bridgehead atoms. The molecule has 0 saturated heterocycles. The van der Waals surface area contributed by atoms with E-state index in [9.17, 15) is 20.2 Å². The summed E-state index contributed by atoms with van der Waals surface area (Å²) in [7, 11) is 1.00. The zero-order chi connectivity index (χ0) is 41.4. The number of nitrogens with one attached hydrogen (secondary N) is 1. The smallest absolute Gasteiger partial charge is 0.334 e. The summed E-state index contributed by atoms with van der Waals surface area (Å²) in [6.45, 7) is 5.68. The van der Waals surface area contributed by atoms with E-state index in [1.807, 2.05) is 49.6 Å². The average Bonchev–Trinajstić information content (AvgIpc) is 3.91. The van der Waals surface area contributed by atoms with E-state index in [1.165, 1.54) is 30.9 Å². The number of anilines is 4. The number of rotatable bonds is 4. The quantitative estimate of drug-likeness (QED) is 0.0428. The van der Waals surface area contributed by atoms with E-state index in [-0.39, 0.29) is 98.6 Å². The summed E-state index contributed by atoms with van der Waals surface area (Å²) in [6.07, 6.45) is 14.5. The number of hydrogen-bond donors (Lipinski definition) is 6. The van der Waals surface area contributed by atoms with Crippen molar-refractivity contribution in [3.05, 3.63) is 131 Å². The largest absolute Gasteiger partial charge is 0.400 e. The first-order valence-corrected chi connectivity index (χ1v) is 18.7. The zero-order valence-electron chi connectivity index (χ0n) is 31.4. The molecule has 10 N–H and O–H groups in total. The number of nitro groups is 2. The van der Waals surface area contributed by atoms with Crippen LogP contribution in [0.3, 0.4) is 0 Å². The minimum Gasteiger partial charge on any atom is -0.400 e. The van der Waals surface area contributed by atoms with Crippen LogP contribution < -0.4 is 22.9 Å². The van der Waals surface area contributed by atoms with E-state index in [0.29, 0.717) is 17.2 Å². The van der Waals surface area contributed by atoms with Crippen LogP contribution >= 0.6 is 79.4 Å². The second-order valence-corrected chi connectivity index (χ2v) is 13.4. The number of pyridine rings is 3. The Morgan fingerprint density at radius 2 is 1.15 bits per heavy atom. The van der Waals surface area contributed by atoms with Crippen molar-refractivity contribution < 1.29 is 70.6 Å². The van der Waals surface area contributed by atoms with Gasteiger partial charge in [-0.05, 0) is 39.0 Å². The third kappa shape index (κ3) is 24.3. The Bertz CT molecular complexity index is 2000. The van der Waals surface area contributed by atoms with Gasteiger partial charge in [0.25, 0.3) is 0 Å². The minimum atomic E-state index is -0.662. The van der Waals surface area contributed by atoms with Crippen LogP contribution in [0, 0.1) is 55.8 Å². The van der Waals surface area contributed by atoms with E-state index in [0.717, 1.165) is 29.9 Å². The standard InChI is InChI=1S/C9H9N5O2.C9H11N5.C5H4ClN3O2.C4H6N2.CHI2.CH2I.CH4O.CH4.CH3.3V/c1-6-4-13(5-12-6)7-2-3-11-9(10)8(7)14(15)16;1-6-4-14(5-13-6)7-2-3-12-9(11)8(7)10;6-3-1-2-8-5(7)4(3)9(10)11;1-4-2-5-3-6-4;2-1-3;2*1-2;;;;;/h2-5H,1H3,(H2,10,11);2-5H,10H2,1H3,(H2,11,12);1-2H,(H2,7,8);2-3H,1H3,(H,5,6);1H;1H2;2H,1H3;1H4;1H3;;;/q;;;;2*-1;;;-1;;;. The zero-order valence-corrected chi connectivity index (χ0v) is 42.8. The Morgan fingerprint density at radius 3 is 1.47 bits per heavy atom. The molecule has 6 aromatic heterocycles. The predicted molar refractivity (Wildman–Crippen MR) is 249 cm³/mol. The number of aromatic amines is 1. The number of nitrogens with zero attached hydrogens (tertiary/aromatic N) is 10. The number of aliphatic hydroxyl groups is 1. The van der Waals surface area contributed by atoms with Gasteiger partial charge in [-0.3, -0.25) is 29.7 Å². The Labute approximate surface area is 425 Å². The monoisotopic (exact) mass is 1290 g/mol. The minimum absolute atomic E-state index is 0.